The van der Waals surface area contributed by atoms with Gasteiger partial charge in [-0.15, -0.1) is 0 Å². The summed E-state index contributed by atoms with van der Waals surface area (Å²) in [5, 5.41) is 19.2. The van der Waals surface area contributed by atoms with Crippen LogP contribution in [0.25, 0.3) is 0 Å². The largest absolute Gasteiger partial charge is 0.472 e. The van der Waals surface area contributed by atoms with Gasteiger partial charge in [0.05, 0.1) is 26.4 Å². The van der Waals surface area contributed by atoms with Crippen molar-refractivity contribution in [3.63, 3.8) is 0 Å². The number of aliphatic hydroxyl groups is 2. The van der Waals surface area contributed by atoms with E-state index in [0.29, 0.717) is 12.8 Å². The molecule has 11 heteroatoms. The van der Waals surface area contributed by atoms with E-state index in [1.807, 2.05) is 0 Å². The molecule has 10 nitrogen and oxygen atoms in total. The van der Waals surface area contributed by atoms with Crippen LogP contribution in [0.5, 0.6) is 0 Å². The molecule has 0 saturated carbocycles. The van der Waals surface area contributed by atoms with Crippen molar-refractivity contribution in [2.24, 2.45) is 0 Å². The standard InChI is InChI=1S/C51H95O10P/c1-3-5-7-9-11-13-15-17-19-21-22-23-24-25-26-27-29-31-33-35-37-39-41-43-51(55)61-49(45-53)47-59-62(56,57)58-46-48(44-52)60-50(54)42-40-38-36-34-32-30-28-20-18-16-14-12-10-8-6-4-2/h14,16,20-22,28,48-49,52-53H,3-13,15,17-19,23-27,29-47H2,1-2H3,(H,56,57)/b16-14-,22-21-,28-20-. The zero-order chi connectivity index (χ0) is 45.5. The van der Waals surface area contributed by atoms with Gasteiger partial charge >= 0.3 is 19.8 Å². The number of phosphoric ester groups is 1. The lowest BCUT2D eigenvalue weighted by Gasteiger charge is -2.20. The Bertz CT molecular complexity index is 1130. The van der Waals surface area contributed by atoms with Gasteiger partial charge in [0.2, 0.25) is 0 Å². The molecule has 364 valence electrons. The van der Waals surface area contributed by atoms with Gasteiger partial charge in [-0.25, -0.2) is 4.57 Å². The Balaban J connectivity index is 3.83. The number of phosphoric acid groups is 1. The summed E-state index contributed by atoms with van der Waals surface area (Å²) >= 11 is 0. The topological polar surface area (TPSA) is 149 Å². The second-order valence-electron chi connectivity index (χ2n) is 17.1. The Morgan fingerprint density at radius 2 is 0.710 bits per heavy atom. The van der Waals surface area contributed by atoms with Crippen molar-refractivity contribution in [1.82, 2.24) is 0 Å². The SMILES string of the molecule is CCCCCC/C=C\C/C=C\CCCCCCCC(=O)OC(CO)COP(=O)(O)OCC(CO)OC(=O)CCCCCCCCCCCCC/C=C\CCCCCCCCCC. The Kier molecular flexibility index (Phi) is 45.8. The van der Waals surface area contributed by atoms with Crippen LogP contribution >= 0.6 is 7.82 Å². The molecule has 0 aliphatic heterocycles. The predicted molar refractivity (Wildman–Crippen MR) is 256 cm³/mol. The molecule has 3 atom stereocenters. The van der Waals surface area contributed by atoms with Gasteiger partial charge in [0.1, 0.15) is 12.2 Å². The molecule has 0 aliphatic carbocycles. The lowest BCUT2D eigenvalue weighted by Crippen LogP contribution is -2.28. The first-order valence-corrected chi connectivity index (χ1v) is 26.9. The zero-order valence-corrected chi connectivity index (χ0v) is 40.7. The molecule has 3 unspecified atom stereocenters. The average molecular weight is 899 g/mol. The molecule has 0 radical (unpaired) electrons. The molecule has 0 heterocycles. The van der Waals surface area contributed by atoms with Gasteiger partial charge in [-0.3, -0.25) is 18.6 Å². The van der Waals surface area contributed by atoms with Crippen LogP contribution in [0.4, 0.5) is 0 Å². The van der Waals surface area contributed by atoms with E-state index in [0.717, 1.165) is 57.8 Å². The normalized spacial score (nSPS) is 14.0. The van der Waals surface area contributed by atoms with E-state index in [4.69, 9.17) is 18.5 Å². The van der Waals surface area contributed by atoms with Crippen molar-refractivity contribution in [1.29, 1.82) is 0 Å². The van der Waals surface area contributed by atoms with Crippen molar-refractivity contribution < 1.29 is 47.8 Å². The van der Waals surface area contributed by atoms with Crippen LogP contribution < -0.4 is 0 Å². The number of aliphatic hydroxyl groups excluding tert-OH is 2. The first-order chi connectivity index (χ1) is 30.3. The van der Waals surface area contributed by atoms with Gasteiger partial charge in [-0.05, 0) is 70.6 Å². The Morgan fingerprint density at radius 1 is 0.435 bits per heavy atom. The molecule has 0 bridgehead atoms. The summed E-state index contributed by atoms with van der Waals surface area (Å²) in [6.45, 7) is 2.21. The predicted octanol–water partition coefficient (Wildman–Crippen LogP) is 14.3. The van der Waals surface area contributed by atoms with Crippen LogP contribution in [0.3, 0.4) is 0 Å². The highest BCUT2D eigenvalue weighted by molar-refractivity contribution is 7.47. The first kappa shape index (κ1) is 60.2. The van der Waals surface area contributed by atoms with Gasteiger partial charge in [0, 0.05) is 12.8 Å². The third-order valence-electron chi connectivity index (χ3n) is 11.1. The van der Waals surface area contributed by atoms with E-state index < -0.39 is 58.4 Å². The fourth-order valence-corrected chi connectivity index (χ4v) is 7.93. The minimum atomic E-state index is -4.64. The highest BCUT2D eigenvalue weighted by Gasteiger charge is 2.27. The number of carbonyl (C=O) groups excluding carboxylic acids is 2. The minimum absolute atomic E-state index is 0.177. The zero-order valence-electron chi connectivity index (χ0n) is 39.8. The molecule has 0 fully saturated rings. The van der Waals surface area contributed by atoms with Gasteiger partial charge in [-0.2, -0.15) is 0 Å². The van der Waals surface area contributed by atoms with E-state index in [2.05, 4.69) is 50.3 Å². The Labute approximate surface area is 380 Å². The highest BCUT2D eigenvalue weighted by Crippen LogP contribution is 2.43. The van der Waals surface area contributed by atoms with Crippen molar-refractivity contribution >= 4 is 19.8 Å². The fraction of sp³-hybridized carbons (Fsp3) is 0.843. The number of esters is 2. The summed E-state index contributed by atoms with van der Waals surface area (Å²) in [5.74, 6) is -1.03. The van der Waals surface area contributed by atoms with E-state index in [1.165, 1.54) is 141 Å². The van der Waals surface area contributed by atoms with Crippen LogP contribution in [-0.4, -0.2) is 65.7 Å². The molecule has 62 heavy (non-hydrogen) atoms. The molecule has 0 rings (SSSR count). The van der Waals surface area contributed by atoms with Crippen molar-refractivity contribution in [3.05, 3.63) is 36.5 Å². The van der Waals surface area contributed by atoms with Crippen LogP contribution in [-0.2, 0) is 32.7 Å². The highest BCUT2D eigenvalue weighted by atomic mass is 31.2. The Hall–Kier alpha value is -1.81. The number of unbranched alkanes of at least 4 members (excludes halogenated alkanes) is 28. The van der Waals surface area contributed by atoms with Gasteiger partial charge in [-0.1, -0.05) is 192 Å². The van der Waals surface area contributed by atoms with E-state index in [1.54, 1.807) is 0 Å². The summed E-state index contributed by atoms with van der Waals surface area (Å²) in [4.78, 5) is 34.7. The van der Waals surface area contributed by atoms with Crippen LogP contribution in [0.1, 0.15) is 239 Å². The van der Waals surface area contributed by atoms with Crippen LogP contribution in [0.15, 0.2) is 36.5 Å². The third kappa shape index (κ3) is 44.8. The summed E-state index contributed by atoms with van der Waals surface area (Å²) < 4.78 is 32.7. The van der Waals surface area contributed by atoms with E-state index >= 15 is 0 Å². The lowest BCUT2D eigenvalue weighted by molar-refractivity contribution is -0.153. The summed E-state index contributed by atoms with van der Waals surface area (Å²) in [6.07, 6.45) is 51.2. The van der Waals surface area contributed by atoms with Crippen molar-refractivity contribution in [2.75, 3.05) is 26.4 Å². The van der Waals surface area contributed by atoms with Crippen molar-refractivity contribution in [2.45, 2.75) is 251 Å². The minimum Gasteiger partial charge on any atom is -0.457 e. The maximum Gasteiger partial charge on any atom is 0.472 e. The molecule has 0 aromatic heterocycles. The first-order valence-electron chi connectivity index (χ1n) is 25.4. The smallest absolute Gasteiger partial charge is 0.457 e. The molecule has 0 aromatic carbocycles. The summed E-state index contributed by atoms with van der Waals surface area (Å²) in [7, 11) is -4.64. The van der Waals surface area contributed by atoms with Gasteiger partial charge in [0.15, 0.2) is 0 Å². The molecular weight excluding hydrogens is 804 g/mol. The number of hydrogen-bond acceptors (Lipinski definition) is 9. The second-order valence-corrected chi connectivity index (χ2v) is 18.6. The third-order valence-corrected chi connectivity index (χ3v) is 12.0. The fourth-order valence-electron chi connectivity index (χ4n) is 7.14. The number of hydrogen-bond donors (Lipinski definition) is 3. The molecule has 3 N–H and O–H groups in total. The second kappa shape index (κ2) is 47.2. The Morgan fingerprint density at radius 3 is 1.03 bits per heavy atom. The van der Waals surface area contributed by atoms with E-state index in [9.17, 15) is 29.3 Å². The molecule has 0 saturated heterocycles. The molecule has 0 aliphatic rings. The van der Waals surface area contributed by atoms with Gasteiger partial charge in [0.25, 0.3) is 0 Å². The van der Waals surface area contributed by atoms with Gasteiger partial charge < -0.3 is 24.6 Å². The number of allylic oxidation sites excluding steroid dienone is 6. The molecule has 0 aromatic rings. The van der Waals surface area contributed by atoms with Crippen LogP contribution in [0, 0.1) is 0 Å². The summed E-state index contributed by atoms with van der Waals surface area (Å²) in [5.41, 5.74) is 0. The maximum absolute atomic E-state index is 12.4. The number of ether oxygens (including phenoxy) is 2. The quantitative estimate of drug-likeness (QED) is 0.0233. The lowest BCUT2D eigenvalue weighted by atomic mass is 10.0. The monoisotopic (exact) mass is 899 g/mol. The number of carbonyl (C=O) groups is 2. The summed E-state index contributed by atoms with van der Waals surface area (Å²) in [6, 6.07) is 0. The van der Waals surface area contributed by atoms with Crippen molar-refractivity contribution in [3.8, 4) is 0 Å². The average Bonchev–Trinajstić information content (AvgIpc) is 3.26. The maximum atomic E-state index is 12.4. The molecule has 0 spiro atoms. The van der Waals surface area contributed by atoms with E-state index in [-0.39, 0.29) is 12.8 Å². The molecule has 0 amide bonds. The van der Waals surface area contributed by atoms with Crippen LogP contribution in [0.2, 0.25) is 0 Å². The molecular formula is C51H95O10P. The number of rotatable bonds is 48.